The van der Waals surface area contributed by atoms with Crippen LogP contribution in [-0.4, -0.2) is 40.6 Å². The van der Waals surface area contributed by atoms with Crippen molar-refractivity contribution in [2.45, 2.75) is 13.0 Å². The monoisotopic (exact) mass is 520 g/mol. The third kappa shape index (κ3) is 4.04. The molecule has 0 saturated heterocycles. The highest BCUT2D eigenvalue weighted by Gasteiger charge is 2.20. The summed E-state index contributed by atoms with van der Waals surface area (Å²) >= 11 is 0. The first-order valence-electron chi connectivity index (χ1n) is 12.3. The minimum atomic E-state index is -0.548. The van der Waals surface area contributed by atoms with E-state index in [1.54, 1.807) is 44.5 Å². The van der Waals surface area contributed by atoms with Gasteiger partial charge in [-0.25, -0.2) is 9.78 Å². The number of esters is 1. The van der Waals surface area contributed by atoms with Crippen LogP contribution in [-0.2, 0) is 9.53 Å². The Labute approximate surface area is 222 Å². The fraction of sp³-hybridized carbons (Fsp3) is 0.133. The Morgan fingerprint density at radius 1 is 1.00 bits per heavy atom. The topological polar surface area (TPSA) is 101 Å². The van der Waals surface area contributed by atoms with Gasteiger partial charge in [0.25, 0.3) is 5.56 Å². The Morgan fingerprint density at radius 2 is 1.77 bits per heavy atom. The number of carbonyl (C=O) groups excluding carboxylic acids is 1. The average Bonchev–Trinajstić information content (AvgIpc) is 3.58. The lowest BCUT2D eigenvalue weighted by molar-refractivity contribution is -0.143. The van der Waals surface area contributed by atoms with Gasteiger partial charge in [-0.3, -0.25) is 4.79 Å². The highest BCUT2D eigenvalue weighted by molar-refractivity contribution is 6.00. The van der Waals surface area contributed by atoms with E-state index in [2.05, 4.69) is 5.10 Å². The van der Waals surface area contributed by atoms with Crippen LogP contribution in [0.15, 0.2) is 93.3 Å². The summed E-state index contributed by atoms with van der Waals surface area (Å²) in [6, 6.07) is 21.5. The Balaban J connectivity index is 1.55. The number of nitrogens with zero attached hydrogens (tertiary/aromatic N) is 4. The van der Waals surface area contributed by atoms with Crippen LogP contribution in [0, 0.1) is 0 Å². The van der Waals surface area contributed by atoms with Gasteiger partial charge >= 0.3 is 5.97 Å². The fourth-order valence-corrected chi connectivity index (χ4v) is 4.77. The van der Waals surface area contributed by atoms with Crippen molar-refractivity contribution < 1.29 is 18.7 Å². The Kier molecular flexibility index (Phi) is 5.95. The van der Waals surface area contributed by atoms with Crippen molar-refractivity contribution in [3.8, 4) is 17.3 Å². The second-order valence-corrected chi connectivity index (χ2v) is 9.00. The number of fused-ring (bicyclic) bond motifs is 3. The largest absolute Gasteiger partial charge is 0.496 e. The fourth-order valence-electron chi connectivity index (χ4n) is 4.77. The zero-order valence-corrected chi connectivity index (χ0v) is 21.5. The maximum absolute atomic E-state index is 13.7. The molecule has 3 heterocycles. The van der Waals surface area contributed by atoms with Crippen molar-refractivity contribution in [1.29, 1.82) is 0 Å². The highest BCUT2D eigenvalue weighted by atomic mass is 16.5. The molecule has 0 bridgehead atoms. The molecule has 0 spiro atoms. The van der Waals surface area contributed by atoms with Crippen LogP contribution in [0.2, 0.25) is 0 Å². The molecule has 39 heavy (non-hydrogen) atoms. The zero-order valence-electron chi connectivity index (χ0n) is 21.5. The molecular weight excluding hydrogens is 496 g/mol. The SMILES string of the molecule is COC(=O)[C@@H](C)n1cc(C=Nn2c(-c3cc4c(OC)cccc4o3)nc3ccccc3c2=O)c2ccccc21. The summed E-state index contributed by atoms with van der Waals surface area (Å²) in [6.45, 7) is 1.77. The van der Waals surface area contributed by atoms with Crippen molar-refractivity contribution in [1.82, 2.24) is 14.2 Å². The molecule has 0 amide bonds. The molecule has 6 rings (SSSR count). The Bertz CT molecular complexity index is 1960. The van der Waals surface area contributed by atoms with Crippen molar-refractivity contribution >= 4 is 45.0 Å². The molecule has 3 aromatic carbocycles. The molecule has 9 heteroatoms. The first kappa shape index (κ1) is 24.2. The summed E-state index contributed by atoms with van der Waals surface area (Å²) in [7, 11) is 2.95. The summed E-state index contributed by atoms with van der Waals surface area (Å²) < 4.78 is 19.6. The number of furan rings is 1. The summed E-state index contributed by atoms with van der Waals surface area (Å²) in [6.07, 6.45) is 3.41. The first-order valence-corrected chi connectivity index (χ1v) is 12.3. The molecule has 9 nitrogen and oxygen atoms in total. The van der Waals surface area contributed by atoms with Crippen LogP contribution in [0.3, 0.4) is 0 Å². The number of ether oxygens (including phenoxy) is 2. The van der Waals surface area contributed by atoms with Crippen LogP contribution in [0.5, 0.6) is 5.75 Å². The number of methoxy groups -OCH3 is 2. The Hall–Kier alpha value is -5.18. The predicted molar refractivity (Wildman–Crippen MR) is 149 cm³/mol. The number of para-hydroxylation sites is 2. The molecule has 0 aliphatic heterocycles. The molecule has 0 fully saturated rings. The normalized spacial score (nSPS) is 12.5. The lowest BCUT2D eigenvalue weighted by Crippen LogP contribution is -2.20. The molecule has 0 saturated carbocycles. The summed E-state index contributed by atoms with van der Waals surface area (Å²) in [5.41, 5.74) is 2.34. The first-order chi connectivity index (χ1) is 19.0. The zero-order chi connectivity index (χ0) is 27.1. The smallest absolute Gasteiger partial charge is 0.328 e. The van der Waals surface area contributed by atoms with Crippen LogP contribution >= 0.6 is 0 Å². The maximum atomic E-state index is 13.7. The quantitative estimate of drug-likeness (QED) is 0.216. The van der Waals surface area contributed by atoms with Gasteiger partial charge in [0.1, 0.15) is 17.4 Å². The third-order valence-electron chi connectivity index (χ3n) is 6.76. The molecule has 0 aliphatic carbocycles. The highest BCUT2D eigenvalue weighted by Crippen LogP contribution is 2.33. The van der Waals surface area contributed by atoms with Gasteiger partial charge in [0.15, 0.2) is 5.76 Å². The number of benzene rings is 3. The van der Waals surface area contributed by atoms with Crippen LogP contribution < -0.4 is 10.3 Å². The number of hydrogen-bond acceptors (Lipinski definition) is 7. The number of carbonyl (C=O) groups is 1. The van der Waals surface area contributed by atoms with E-state index in [1.165, 1.54) is 11.8 Å². The van der Waals surface area contributed by atoms with Gasteiger partial charge in [-0.2, -0.15) is 9.78 Å². The van der Waals surface area contributed by atoms with Crippen molar-refractivity contribution in [3.05, 3.63) is 94.9 Å². The van der Waals surface area contributed by atoms with E-state index in [0.717, 1.165) is 21.9 Å². The minimum absolute atomic E-state index is 0.250. The van der Waals surface area contributed by atoms with Crippen LogP contribution in [0.1, 0.15) is 18.5 Å². The van der Waals surface area contributed by atoms with Gasteiger partial charge in [0, 0.05) is 22.7 Å². The Morgan fingerprint density at radius 3 is 2.56 bits per heavy atom. The third-order valence-corrected chi connectivity index (χ3v) is 6.76. The van der Waals surface area contributed by atoms with E-state index >= 15 is 0 Å². The molecule has 1 atom stereocenters. The van der Waals surface area contributed by atoms with E-state index in [0.29, 0.717) is 28.0 Å². The van der Waals surface area contributed by atoms with Crippen LogP contribution in [0.25, 0.3) is 44.4 Å². The van der Waals surface area contributed by atoms with E-state index in [1.807, 2.05) is 59.3 Å². The van der Waals surface area contributed by atoms with Gasteiger partial charge in [-0.1, -0.05) is 36.4 Å². The molecule has 3 aromatic heterocycles. The molecular formula is C30H24N4O5. The van der Waals surface area contributed by atoms with Crippen molar-refractivity contribution in [2.75, 3.05) is 14.2 Å². The van der Waals surface area contributed by atoms with Crippen molar-refractivity contribution in [2.24, 2.45) is 5.10 Å². The van der Waals surface area contributed by atoms with Gasteiger partial charge in [0.05, 0.1) is 36.7 Å². The average molecular weight is 521 g/mol. The molecule has 0 unspecified atom stereocenters. The summed E-state index contributed by atoms with van der Waals surface area (Å²) in [5, 5.41) is 6.65. The second kappa shape index (κ2) is 9.60. The number of aromatic nitrogens is 3. The van der Waals surface area contributed by atoms with E-state index in [4.69, 9.17) is 18.9 Å². The number of hydrogen-bond donors (Lipinski definition) is 0. The predicted octanol–water partition coefficient (Wildman–Crippen LogP) is 5.39. The minimum Gasteiger partial charge on any atom is -0.496 e. The van der Waals surface area contributed by atoms with Crippen LogP contribution in [0.4, 0.5) is 0 Å². The molecule has 194 valence electrons. The molecule has 6 aromatic rings. The standard InChI is InChI=1S/C30H24N4O5/c1-18(30(36)38-3)33-17-19(20-9-5-7-12-24(20)33)16-31-34-28(32-23-11-6-4-10-21(23)29(34)35)27-15-22-25(37-2)13-8-14-26(22)39-27/h4-18H,1-3H3/t18-/m1/s1. The molecule has 0 N–H and O–H groups in total. The number of rotatable bonds is 6. The van der Waals surface area contributed by atoms with Gasteiger partial charge < -0.3 is 18.5 Å². The van der Waals surface area contributed by atoms with E-state index in [-0.39, 0.29) is 17.4 Å². The summed E-state index contributed by atoms with van der Waals surface area (Å²) in [4.78, 5) is 30.7. The second-order valence-electron chi connectivity index (χ2n) is 9.00. The lowest BCUT2D eigenvalue weighted by Gasteiger charge is -2.12. The van der Waals surface area contributed by atoms with E-state index < -0.39 is 6.04 Å². The van der Waals surface area contributed by atoms with Gasteiger partial charge in [-0.15, -0.1) is 0 Å². The summed E-state index contributed by atoms with van der Waals surface area (Å²) in [5.74, 6) is 0.904. The van der Waals surface area contributed by atoms with Gasteiger partial charge in [-0.05, 0) is 43.3 Å². The maximum Gasteiger partial charge on any atom is 0.328 e. The van der Waals surface area contributed by atoms with E-state index in [9.17, 15) is 9.59 Å². The van der Waals surface area contributed by atoms with Gasteiger partial charge in [0.2, 0.25) is 5.82 Å². The van der Waals surface area contributed by atoms with Crippen molar-refractivity contribution in [3.63, 3.8) is 0 Å². The lowest BCUT2D eigenvalue weighted by atomic mass is 10.2. The molecule has 0 aliphatic rings. The molecule has 0 radical (unpaired) electrons.